The summed E-state index contributed by atoms with van der Waals surface area (Å²) in [7, 11) is 0. The summed E-state index contributed by atoms with van der Waals surface area (Å²) in [6.45, 7) is -0.0651. The van der Waals surface area contributed by atoms with E-state index in [0.717, 1.165) is 0 Å². The highest BCUT2D eigenvalue weighted by molar-refractivity contribution is 7.99. The Morgan fingerprint density at radius 2 is 2.25 bits per heavy atom. The molecule has 1 aliphatic heterocycles. The van der Waals surface area contributed by atoms with Gasteiger partial charge in [-0.3, -0.25) is 9.59 Å². The van der Waals surface area contributed by atoms with Gasteiger partial charge in [-0.25, -0.2) is 0 Å². The SMILES string of the molecule is NCC(=O)N1CSCC1C(N)=O. The maximum absolute atomic E-state index is 11.1. The minimum atomic E-state index is -0.467. The Labute approximate surface area is 74.4 Å². The standard InChI is InChI=1S/C6H11N3O2S/c7-1-5(10)9-3-12-2-4(9)6(8)11/h4H,1-3,7H2,(H2,8,11). The van der Waals surface area contributed by atoms with E-state index in [-0.39, 0.29) is 12.5 Å². The molecule has 68 valence electrons. The first kappa shape index (κ1) is 9.34. The fourth-order valence-corrected chi connectivity index (χ4v) is 2.23. The molecule has 5 nitrogen and oxygen atoms in total. The number of nitrogens with zero attached hydrogens (tertiary/aromatic N) is 1. The molecule has 6 heteroatoms. The molecule has 2 amide bonds. The van der Waals surface area contributed by atoms with Crippen LogP contribution in [0.5, 0.6) is 0 Å². The number of thioether (sulfide) groups is 1. The van der Waals surface area contributed by atoms with Crippen molar-refractivity contribution < 1.29 is 9.59 Å². The van der Waals surface area contributed by atoms with Crippen molar-refractivity contribution in [1.82, 2.24) is 4.90 Å². The largest absolute Gasteiger partial charge is 0.368 e. The number of hydrogen-bond acceptors (Lipinski definition) is 4. The Balaban J connectivity index is 2.63. The second-order valence-corrected chi connectivity index (χ2v) is 3.49. The van der Waals surface area contributed by atoms with Gasteiger partial charge in [0.15, 0.2) is 0 Å². The van der Waals surface area contributed by atoms with E-state index >= 15 is 0 Å². The second kappa shape index (κ2) is 3.77. The molecule has 0 saturated carbocycles. The van der Waals surface area contributed by atoms with Gasteiger partial charge in [0.25, 0.3) is 0 Å². The molecule has 1 rings (SSSR count). The molecule has 1 aliphatic rings. The summed E-state index contributed by atoms with van der Waals surface area (Å²) in [5.41, 5.74) is 10.3. The highest BCUT2D eigenvalue weighted by atomic mass is 32.2. The van der Waals surface area contributed by atoms with E-state index in [1.54, 1.807) is 0 Å². The van der Waals surface area contributed by atoms with Crippen LogP contribution in [0.1, 0.15) is 0 Å². The second-order valence-electron chi connectivity index (χ2n) is 2.49. The van der Waals surface area contributed by atoms with Crippen molar-refractivity contribution in [1.29, 1.82) is 0 Å². The third-order valence-electron chi connectivity index (χ3n) is 1.71. The number of carbonyl (C=O) groups is 2. The lowest BCUT2D eigenvalue weighted by atomic mass is 10.3. The molecule has 0 aliphatic carbocycles. The molecular formula is C6H11N3O2S. The summed E-state index contributed by atoms with van der Waals surface area (Å²) in [5, 5.41) is 0. The summed E-state index contributed by atoms with van der Waals surface area (Å²) in [4.78, 5) is 23.3. The molecule has 1 unspecified atom stereocenters. The summed E-state index contributed by atoms with van der Waals surface area (Å²) in [5.74, 6) is 0.427. The molecule has 1 atom stereocenters. The van der Waals surface area contributed by atoms with Crippen LogP contribution in [0.25, 0.3) is 0 Å². The quantitative estimate of drug-likeness (QED) is 0.543. The van der Waals surface area contributed by atoms with Crippen molar-refractivity contribution in [2.75, 3.05) is 18.2 Å². The highest BCUT2D eigenvalue weighted by Gasteiger charge is 2.32. The molecule has 0 aromatic carbocycles. The van der Waals surface area contributed by atoms with Crippen molar-refractivity contribution in [3.63, 3.8) is 0 Å². The first-order valence-corrected chi connectivity index (χ1v) is 4.69. The van der Waals surface area contributed by atoms with Crippen LogP contribution in [0.4, 0.5) is 0 Å². The monoisotopic (exact) mass is 189 g/mol. The van der Waals surface area contributed by atoms with Gasteiger partial charge in [-0.15, -0.1) is 11.8 Å². The van der Waals surface area contributed by atoms with Gasteiger partial charge in [0.1, 0.15) is 6.04 Å². The maximum Gasteiger partial charge on any atom is 0.241 e. The van der Waals surface area contributed by atoms with E-state index in [1.807, 2.05) is 0 Å². The lowest BCUT2D eigenvalue weighted by Crippen LogP contribution is -2.47. The zero-order valence-corrected chi connectivity index (χ0v) is 7.34. The summed E-state index contributed by atoms with van der Waals surface area (Å²) in [6, 6.07) is -0.467. The van der Waals surface area contributed by atoms with E-state index in [4.69, 9.17) is 11.5 Å². The molecule has 0 bridgehead atoms. The first-order chi connectivity index (χ1) is 5.66. The van der Waals surface area contributed by atoms with Crippen LogP contribution in [-0.2, 0) is 9.59 Å². The Hall–Kier alpha value is -0.750. The molecule has 0 radical (unpaired) electrons. The molecule has 0 spiro atoms. The molecule has 0 aromatic heterocycles. The predicted molar refractivity (Wildman–Crippen MR) is 46.2 cm³/mol. The van der Waals surface area contributed by atoms with E-state index in [9.17, 15) is 9.59 Å². The number of hydrogen-bond donors (Lipinski definition) is 2. The molecule has 1 fully saturated rings. The molecule has 0 aromatic rings. The average Bonchev–Trinajstić information content (AvgIpc) is 2.50. The third-order valence-corrected chi connectivity index (χ3v) is 2.72. The summed E-state index contributed by atoms with van der Waals surface area (Å²) in [6.07, 6.45) is 0. The fraction of sp³-hybridized carbons (Fsp3) is 0.667. The lowest BCUT2D eigenvalue weighted by Gasteiger charge is -2.19. The van der Waals surface area contributed by atoms with Crippen LogP contribution >= 0.6 is 11.8 Å². The van der Waals surface area contributed by atoms with Crippen LogP contribution in [0.2, 0.25) is 0 Å². The van der Waals surface area contributed by atoms with Crippen molar-refractivity contribution in [2.24, 2.45) is 11.5 Å². The number of primary amides is 1. The van der Waals surface area contributed by atoms with Crippen LogP contribution in [-0.4, -0.2) is 40.9 Å². The zero-order valence-electron chi connectivity index (χ0n) is 6.53. The first-order valence-electron chi connectivity index (χ1n) is 3.53. The van der Waals surface area contributed by atoms with Gasteiger partial charge in [-0.2, -0.15) is 0 Å². The van der Waals surface area contributed by atoms with E-state index in [0.29, 0.717) is 11.6 Å². The topological polar surface area (TPSA) is 89.4 Å². The number of amides is 2. The van der Waals surface area contributed by atoms with Gasteiger partial charge in [-0.05, 0) is 0 Å². The van der Waals surface area contributed by atoms with Crippen molar-refractivity contribution >= 4 is 23.6 Å². The Bertz CT molecular complexity index is 209. The summed E-state index contributed by atoms with van der Waals surface area (Å²) >= 11 is 1.51. The van der Waals surface area contributed by atoms with Crippen molar-refractivity contribution in [2.45, 2.75) is 6.04 Å². The third kappa shape index (κ3) is 1.70. The minimum Gasteiger partial charge on any atom is -0.368 e. The molecule has 1 heterocycles. The van der Waals surface area contributed by atoms with E-state index in [1.165, 1.54) is 16.7 Å². The van der Waals surface area contributed by atoms with Crippen LogP contribution in [0.3, 0.4) is 0 Å². The Morgan fingerprint density at radius 1 is 1.58 bits per heavy atom. The molecule has 12 heavy (non-hydrogen) atoms. The van der Waals surface area contributed by atoms with Gasteiger partial charge in [-0.1, -0.05) is 0 Å². The lowest BCUT2D eigenvalue weighted by molar-refractivity contribution is -0.135. The average molecular weight is 189 g/mol. The maximum atomic E-state index is 11.1. The van der Waals surface area contributed by atoms with E-state index < -0.39 is 11.9 Å². The number of carbonyl (C=O) groups excluding carboxylic acids is 2. The van der Waals surface area contributed by atoms with Crippen LogP contribution < -0.4 is 11.5 Å². The van der Waals surface area contributed by atoms with Crippen LogP contribution in [0.15, 0.2) is 0 Å². The van der Waals surface area contributed by atoms with Crippen LogP contribution in [0, 0.1) is 0 Å². The zero-order chi connectivity index (χ0) is 9.14. The van der Waals surface area contributed by atoms with Gasteiger partial charge in [0.2, 0.25) is 11.8 Å². The number of rotatable bonds is 2. The predicted octanol–water partition coefficient (Wildman–Crippen LogP) is -1.67. The van der Waals surface area contributed by atoms with Gasteiger partial charge >= 0.3 is 0 Å². The van der Waals surface area contributed by atoms with Gasteiger partial charge in [0.05, 0.1) is 12.4 Å². The molecule has 1 saturated heterocycles. The highest BCUT2D eigenvalue weighted by Crippen LogP contribution is 2.19. The normalized spacial score (nSPS) is 22.8. The smallest absolute Gasteiger partial charge is 0.241 e. The van der Waals surface area contributed by atoms with E-state index in [2.05, 4.69) is 0 Å². The Morgan fingerprint density at radius 3 is 2.75 bits per heavy atom. The Kier molecular flexibility index (Phi) is 2.93. The van der Waals surface area contributed by atoms with Crippen molar-refractivity contribution in [3.05, 3.63) is 0 Å². The van der Waals surface area contributed by atoms with Gasteiger partial charge < -0.3 is 16.4 Å². The molecule has 4 N–H and O–H groups in total. The minimum absolute atomic E-state index is 0.0651. The van der Waals surface area contributed by atoms with Crippen molar-refractivity contribution in [3.8, 4) is 0 Å². The fourth-order valence-electron chi connectivity index (χ4n) is 1.04. The number of nitrogens with two attached hydrogens (primary N) is 2. The van der Waals surface area contributed by atoms with Gasteiger partial charge in [0, 0.05) is 5.75 Å². The molecular weight excluding hydrogens is 178 g/mol. The summed E-state index contributed by atoms with van der Waals surface area (Å²) < 4.78 is 0.